The highest BCUT2D eigenvalue weighted by Gasteiger charge is 2.42. The van der Waals surface area contributed by atoms with Crippen LogP contribution in [0, 0.1) is 0 Å². The van der Waals surface area contributed by atoms with Crippen molar-refractivity contribution in [2.45, 2.75) is 69.5 Å². The van der Waals surface area contributed by atoms with Crippen molar-refractivity contribution in [3.8, 4) is 5.75 Å². The standard InChI is InChI=1S/C24H33N5O10/c1-11(30)20(24(38)39)28-21(35)16(9-19(25)34)27-22(36)18-8-15(33)10-29(18)23(37)17(26-12(2)31)7-13-3-5-14(32)6-4-13/h3-6,11,15-18,20,30,32-33H,7-10H2,1-2H3,(H2,25,34)(H,26,31)(H,27,36)(H,28,35)(H,38,39)/t11-,15-,16+,17-,18+,20+/m1/s1. The molecule has 1 aromatic rings. The number of hydrogen-bond donors (Lipinski definition) is 8. The number of nitrogens with zero attached hydrogens (tertiary/aromatic N) is 1. The number of rotatable bonds is 12. The number of benzene rings is 1. The normalized spacial score (nSPS) is 19.7. The summed E-state index contributed by atoms with van der Waals surface area (Å²) in [7, 11) is 0. The molecule has 9 N–H and O–H groups in total. The summed E-state index contributed by atoms with van der Waals surface area (Å²) >= 11 is 0. The van der Waals surface area contributed by atoms with Crippen LogP contribution in [0.2, 0.25) is 0 Å². The Bertz CT molecular complexity index is 1090. The van der Waals surface area contributed by atoms with Crippen LogP contribution in [0.4, 0.5) is 0 Å². The van der Waals surface area contributed by atoms with Crippen LogP contribution in [0.25, 0.3) is 0 Å². The molecule has 2 rings (SSSR count). The number of hydrogen-bond acceptors (Lipinski definition) is 9. The Morgan fingerprint density at radius 2 is 1.67 bits per heavy atom. The van der Waals surface area contributed by atoms with Crippen molar-refractivity contribution in [2.75, 3.05) is 6.54 Å². The number of carboxylic acid groups (broad SMARTS) is 1. The number of aliphatic hydroxyl groups is 2. The van der Waals surface area contributed by atoms with Gasteiger partial charge in [-0.2, -0.15) is 0 Å². The second kappa shape index (κ2) is 13.5. The highest BCUT2D eigenvalue weighted by atomic mass is 16.4. The number of phenolic OH excluding ortho intramolecular Hbond substituents is 1. The molecule has 0 aliphatic carbocycles. The molecule has 1 heterocycles. The monoisotopic (exact) mass is 551 g/mol. The van der Waals surface area contributed by atoms with Crippen LogP contribution in [-0.4, -0.2) is 104 Å². The molecule has 0 bridgehead atoms. The molecule has 1 aliphatic rings. The Balaban J connectivity index is 2.25. The number of phenols is 1. The molecule has 39 heavy (non-hydrogen) atoms. The van der Waals surface area contributed by atoms with E-state index in [0.717, 1.165) is 11.8 Å². The van der Waals surface area contributed by atoms with Gasteiger partial charge in [-0.05, 0) is 24.6 Å². The Hall–Kier alpha value is -4.24. The van der Waals surface area contributed by atoms with Crippen LogP contribution in [0.3, 0.4) is 0 Å². The van der Waals surface area contributed by atoms with Crippen molar-refractivity contribution in [1.29, 1.82) is 0 Å². The Kier molecular flexibility index (Phi) is 10.7. The van der Waals surface area contributed by atoms with Crippen LogP contribution in [0.1, 0.15) is 32.3 Å². The van der Waals surface area contributed by atoms with Gasteiger partial charge in [0, 0.05) is 26.3 Å². The van der Waals surface area contributed by atoms with Gasteiger partial charge in [0.1, 0.15) is 23.9 Å². The summed E-state index contributed by atoms with van der Waals surface area (Å²) < 4.78 is 0. The number of aromatic hydroxyl groups is 1. The molecular weight excluding hydrogens is 518 g/mol. The Morgan fingerprint density at radius 3 is 2.18 bits per heavy atom. The van der Waals surface area contributed by atoms with Gasteiger partial charge in [0.25, 0.3) is 0 Å². The summed E-state index contributed by atoms with van der Waals surface area (Å²) in [5.41, 5.74) is 5.77. The van der Waals surface area contributed by atoms with Crippen molar-refractivity contribution in [3.63, 3.8) is 0 Å². The lowest BCUT2D eigenvalue weighted by molar-refractivity contribution is -0.145. The minimum Gasteiger partial charge on any atom is -0.508 e. The maximum atomic E-state index is 13.4. The van der Waals surface area contributed by atoms with Gasteiger partial charge in [0.15, 0.2) is 6.04 Å². The van der Waals surface area contributed by atoms with Gasteiger partial charge < -0.3 is 47.0 Å². The molecule has 0 saturated carbocycles. The van der Waals surface area contributed by atoms with E-state index >= 15 is 0 Å². The van der Waals surface area contributed by atoms with Gasteiger partial charge in [0.05, 0.1) is 18.6 Å². The van der Waals surface area contributed by atoms with Gasteiger partial charge in [-0.25, -0.2) is 4.79 Å². The van der Waals surface area contributed by atoms with Crippen LogP contribution >= 0.6 is 0 Å². The second-order valence-corrected chi connectivity index (χ2v) is 9.32. The number of primary amides is 1. The largest absolute Gasteiger partial charge is 0.508 e. The molecule has 1 fully saturated rings. The number of amides is 5. The number of aliphatic carboxylic acids is 1. The number of nitrogens with one attached hydrogen (secondary N) is 3. The van der Waals surface area contributed by atoms with E-state index in [-0.39, 0.29) is 25.1 Å². The van der Waals surface area contributed by atoms with E-state index in [2.05, 4.69) is 10.6 Å². The molecule has 5 amide bonds. The number of β-amino-alcohol motifs (C(OH)–C–C–N with tert-alkyl or cyclic N) is 1. The predicted molar refractivity (Wildman–Crippen MR) is 133 cm³/mol. The van der Waals surface area contributed by atoms with Gasteiger partial charge in [-0.15, -0.1) is 0 Å². The first-order valence-corrected chi connectivity index (χ1v) is 12.0. The highest BCUT2D eigenvalue weighted by Crippen LogP contribution is 2.21. The zero-order chi connectivity index (χ0) is 29.4. The summed E-state index contributed by atoms with van der Waals surface area (Å²) in [6, 6.07) is 0.0608. The van der Waals surface area contributed by atoms with E-state index in [1.165, 1.54) is 19.1 Å². The summed E-state index contributed by atoms with van der Waals surface area (Å²) in [6.45, 7) is 2.05. The van der Waals surface area contributed by atoms with E-state index in [1.807, 2.05) is 5.32 Å². The maximum Gasteiger partial charge on any atom is 0.328 e. The van der Waals surface area contributed by atoms with Crippen molar-refractivity contribution in [2.24, 2.45) is 5.73 Å². The van der Waals surface area contributed by atoms with Gasteiger partial charge >= 0.3 is 5.97 Å². The number of nitrogens with two attached hydrogens (primary N) is 1. The van der Waals surface area contributed by atoms with E-state index in [0.29, 0.717) is 5.56 Å². The molecule has 1 aromatic carbocycles. The summed E-state index contributed by atoms with van der Waals surface area (Å²) in [4.78, 5) is 75.0. The first-order valence-electron chi connectivity index (χ1n) is 12.0. The molecule has 0 radical (unpaired) electrons. The molecule has 214 valence electrons. The smallest absolute Gasteiger partial charge is 0.328 e. The number of carbonyl (C=O) groups excluding carboxylic acids is 5. The third-order valence-corrected chi connectivity index (χ3v) is 6.00. The maximum absolute atomic E-state index is 13.4. The van der Waals surface area contributed by atoms with Crippen molar-refractivity contribution >= 4 is 35.5 Å². The van der Waals surface area contributed by atoms with Crippen LogP contribution < -0.4 is 21.7 Å². The van der Waals surface area contributed by atoms with Crippen LogP contribution in [0.15, 0.2) is 24.3 Å². The summed E-state index contributed by atoms with van der Waals surface area (Å²) in [5, 5.41) is 45.4. The average molecular weight is 552 g/mol. The number of likely N-dealkylation sites (tertiary alicyclic amines) is 1. The fraction of sp³-hybridized carbons (Fsp3) is 0.500. The van der Waals surface area contributed by atoms with Gasteiger partial charge in [-0.1, -0.05) is 12.1 Å². The topological polar surface area (TPSA) is 249 Å². The molecule has 1 aliphatic heterocycles. The highest BCUT2D eigenvalue weighted by molar-refractivity contribution is 5.97. The molecule has 15 heteroatoms. The summed E-state index contributed by atoms with van der Waals surface area (Å²) in [5.74, 6) is -5.85. The molecule has 6 atom stereocenters. The van der Waals surface area contributed by atoms with Crippen molar-refractivity contribution in [1.82, 2.24) is 20.9 Å². The number of carboxylic acids is 1. The SMILES string of the molecule is CC(=O)N[C@H](Cc1ccc(O)cc1)C(=O)N1C[C@H](O)C[C@H]1C(=O)N[C@@H](CC(N)=O)C(=O)N[C@H](C(=O)O)[C@@H](C)O. The fourth-order valence-electron chi connectivity index (χ4n) is 4.14. The first-order chi connectivity index (χ1) is 18.2. The van der Waals surface area contributed by atoms with Gasteiger partial charge in [-0.3, -0.25) is 24.0 Å². The predicted octanol–water partition coefficient (Wildman–Crippen LogP) is -3.29. The second-order valence-electron chi connectivity index (χ2n) is 9.32. The lowest BCUT2D eigenvalue weighted by Gasteiger charge is -2.29. The molecule has 0 unspecified atom stereocenters. The summed E-state index contributed by atoms with van der Waals surface area (Å²) in [6.07, 6.45) is -3.56. The molecular formula is C24H33N5O10. The zero-order valence-corrected chi connectivity index (χ0v) is 21.4. The van der Waals surface area contributed by atoms with Crippen molar-refractivity contribution in [3.05, 3.63) is 29.8 Å². The van der Waals surface area contributed by atoms with Crippen LogP contribution in [0.5, 0.6) is 5.75 Å². The zero-order valence-electron chi connectivity index (χ0n) is 21.4. The molecule has 0 spiro atoms. The average Bonchev–Trinajstić information content (AvgIpc) is 3.23. The first kappa shape index (κ1) is 31.0. The third-order valence-electron chi connectivity index (χ3n) is 6.00. The minimum atomic E-state index is -1.74. The van der Waals surface area contributed by atoms with E-state index < -0.39 is 78.3 Å². The lowest BCUT2D eigenvalue weighted by atomic mass is 10.0. The van der Waals surface area contributed by atoms with E-state index in [4.69, 9.17) is 5.73 Å². The van der Waals surface area contributed by atoms with E-state index in [1.54, 1.807) is 12.1 Å². The molecule has 15 nitrogen and oxygen atoms in total. The Labute approximate surface area is 223 Å². The molecule has 1 saturated heterocycles. The van der Waals surface area contributed by atoms with E-state index in [9.17, 15) is 49.2 Å². The Morgan fingerprint density at radius 1 is 1.05 bits per heavy atom. The van der Waals surface area contributed by atoms with Crippen LogP contribution in [-0.2, 0) is 35.2 Å². The third kappa shape index (κ3) is 8.93. The van der Waals surface area contributed by atoms with Gasteiger partial charge in [0.2, 0.25) is 29.5 Å². The van der Waals surface area contributed by atoms with Crippen molar-refractivity contribution < 1.29 is 49.2 Å². The minimum absolute atomic E-state index is 0.00164. The lowest BCUT2D eigenvalue weighted by Crippen LogP contribution is -2.59. The number of carbonyl (C=O) groups is 6. The molecule has 0 aromatic heterocycles. The number of aliphatic hydroxyl groups excluding tert-OH is 2. The fourth-order valence-corrected chi connectivity index (χ4v) is 4.14. The quantitative estimate of drug-likeness (QED) is 0.129.